The van der Waals surface area contributed by atoms with Gasteiger partial charge in [0.25, 0.3) is 0 Å². The molecule has 3 N–H and O–H groups in total. The van der Waals surface area contributed by atoms with Crippen LogP contribution in [0.4, 0.5) is 0 Å². The zero-order valence-corrected chi connectivity index (χ0v) is 12.5. The summed E-state index contributed by atoms with van der Waals surface area (Å²) in [5, 5.41) is 8.95. The molecule has 2 aromatic rings. The Morgan fingerprint density at radius 3 is 3.00 bits per heavy atom. The zero-order valence-electron chi connectivity index (χ0n) is 11.0. The number of hydrogen-bond acceptors (Lipinski definition) is 3. The molecular weight excluding hydrogens is 295 g/mol. The first kappa shape index (κ1) is 13.6. The lowest BCUT2D eigenvalue weighted by molar-refractivity contribution is 0.700. The van der Waals surface area contributed by atoms with Crippen molar-refractivity contribution in [3.63, 3.8) is 0 Å². The molecule has 20 heavy (non-hydrogen) atoms. The monoisotopic (exact) mass is 310 g/mol. The van der Waals surface area contributed by atoms with Crippen LogP contribution in [-0.2, 0) is 6.42 Å². The number of aromatic amines is 1. The van der Waals surface area contributed by atoms with Crippen LogP contribution in [0.25, 0.3) is 10.9 Å². The molecule has 0 radical (unpaired) electrons. The minimum atomic E-state index is 0.648. The van der Waals surface area contributed by atoms with Crippen LogP contribution in [0.15, 0.2) is 23.3 Å². The second kappa shape index (κ2) is 5.94. The van der Waals surface area contributed by atoms with E-state index < -0.39 is 0 Å². The van der Waals surface area contributed by atoms with E-state index in [-0.39, 0.29) is 0 Å². The molecule has 0 aliphatic carbocycles. The highest BCUT2D eigenvalue weighted by Crippen LogP contribution is 2.30. The van der Waals surface area contributed by atoms with E-state index in [0.29, 0.717) is 10.0 Å². The van der Waals surface area contributed by atoms with Gasteiger partial charge in [0.05, 0.1) is 5.02 Å². The van der Waals surface area contributed by atoms with Crippen molar-refractivity contribution in [1.29, 1.82) is 0 Å². The minimum absolute atomic E-state index is 0.648. The molecule has 0 bridgehead atoms. The van der Waals surface area contributed by atoms with Gasteiger partial charge in [-0.3, -0.25) is 4.99 Å². The van der Waals surface area contributed by atoms with E-state index in [9.17, 15) is 0 Å². The number of nitrogens with zero attached hydrogens (tertiary/aromatic N) is 1. The third kappa shape index (κ3) is 2.86. The summed E-state index contributed by atoms with van der Waals surface area (Å²) in [4.78, 5) is 7.60. The lowest BCUT2D eigenvalue weighted by atomic mass is 10.1. The molecule has 0 atom stereocenters. The number of aliphatic imine (C=N–C) groups is 1. The molecule has 3 rings (SSSR count). The standard InChI is InChI=1S/C14H16Cl2N4/c15-10-6-11(16)13-9(8-20-12(13)7-10)2-5-19-14-17-3-1-4-18-14/h6-8,20H,1-5H2,(H2,17,18,19). The summed E-state index contributed by atoms with van der Waals surface area (Å²) >= 11 is 12.3. The van der Waals surface area contributed by atoms with Crippen LogP contribution >= 0.6 is 23.2 Å². The average Bonchev–Trinajstić information content (AvgIpc) is 2.83. The normalized spacial score (nSPS) is 15.0. The Balaban J connectivity index is 1.70. The van der Waals surface area contributed by atoms with Crippen LogP contribution in [0.3, 0.4) is 0 Å². The van der Waals surface area contributed by atoms with Crippen LogP contribution in [0.5, 0.6) is 0 Å². The van der Waals surface area contributed by atoms with E-state index in [2.05, 4.69) is 20.6 Å². The van der Waals surface area contributed by atoms with Gasteiger partial charge >= 0.3 is 0 Å². The maximum absolute atomic E-state index is 6.28. The molecule has 0 saturated carbocycles. The number of fused-ring (bicyclic) bond motifs is 1. The molecule has 0 saturated heterocycles. The minimum Gasteiger partial charge on any atom is -0.361 e. The van der Waals surface area contributed by atoms with Gasteiger partial charge in [0, 0.05) is 41.8 Å². The van der Waals surface area contributed by atoms with Crippen LogP contribution in [0.2, 0.25) is 10.0 Å². The van der Waals surface area contributed by atoms with Crippen LogP contribution in [0.1, 0.15) is 12.0 Å². The Bertz CT molecular complexity index is 648. The highest BCUT2D eigenvalue weighted by Gasteiger charge is 2.09. The molecule has 0 fully saturated rings. The van der Waals surface area contributed by atoms with E-state index in [1.54, 1.807) is 6.07 Å². The molecule has 2 heterocycles. The number of benzene rings is 1. The smallest absolute Gasteiger partial charge is 0.191 e. The number of rotatable bonds is 3. The molecule has 0 spiro atoms. The summed E-state index contributed by atoms with van der Waals surface area (Å²) in [7, 11) is 0. The van der Waals surface area contributed by atoms with Gasteiger partial charge in [-0.1, -0.05) is 23.2 Å². The fourth-order valence-electron chi connectivity index (χ4n) is 2.41. The number of hydrogen-bond donors (Lipinski definition) is 3. The van der Waals surface area contributed by atoms with Crippen LogP contribution in [0, 0.1) is 0 Å². The number of nitrogens with one attached hydrogen (secondary N) is 3. The van der Waals surface area contributed by atoms with Crippen LogP contribution < -0.4 is 10.6 Å². The predicted molar refractivity (Wildman–Crippen MR) is 84.9 cm³/mol. The van der Waals surface area contributed by atoms with Crippen LogP contribution in [-0.4, -0.2) is 30.6 Å². The van der Waals surface area contributed by atoms with Gasteiger partial charge in [-0.15, -0.1) is 0 Å². The average molecular weight is 311 g/mol. The van der Waals surface area contributed by atoms with Gasteiger partial charge in [0.1, 0.15) is 0 Å². The Kier molecular flexibility index (Phi) is 4.03. The van der Waals surface area contributed by atoms with Gasteiger partial charge in [0.15, 0.2) is 5.96 Å². The van der Waals surface area contributed by atoms with E-state index >= 15 is 0 Å². The molecule has 6 heteroatoms. The number of H-pyrrole nitrogens is 1. The lowest BCUT2D eigenvalue weighted by Gasteiger charge is -2.15. The third-order valence-electron chi connectivity index (χ3n) is 3.36. The topological polar surface area (TPSA) is 52.2 Å². The first-order valence-electron chi connectivity index (χ1n) is 6.71. The third-order valence-corrected chi connectivity index (χ3v) is 3.88. The lowest BCUT2D eigenvalue weighted by Crippen LogP contribution is -2.41. The number of guanidine groups is 1. The van der Waals surface area contributed by atoms with Crippen molar-refractivity contribution >= 4 is 40.1 Å². The Hall–Kier alpha value is -1.39. The predicted octanol–water partition coefficient (Wildman–Crippen LogP) is 2.96. The van der Waals surface area contributed by atoms with E-state index in [1.807, 2.05) is 12.3 Å². The number of aromatic nitrogens is 1. The van der Waals surface area contributed by atoms with Crippen molar-refractivity contribution in [2.75, 3.05) is 19.6 Å². The van der Waals surface area contributed by atoms with E-state index in [1.165, 1.54) is 5.56 Å². The molecule has 1 aliphatic rings. The first-order chi connectivity index (χ1) is 9.74. The Labute approximate surface area is 127 Å². The van der Waals surface area contributed by atoms with Crippen molar-refractivity contribution in [2.45, 2.75) is 12.8 Å². The fourth-order valence-corrected chi connectivity index (χ4v) is 3.03. The Morgan fingerprint density at radius 2 is 2.20 bits per heavy atom. The first-order valence-corrected chi connectivity index (χ1v) is 7.47. The van der Waals surface area contributed by atoms with E-state index in [4.69, 9.17) is 23.2 Å². The molecule has 106 valence electrons. The molecule has 1 aromatic heterocycles. The molecule has 4 nitrogen and oxygen atoms in total. The highest BCUT2D eigenvalue weighted by molar-refractivity contribution is 6.38. The van der Waals surface area contributed by atoms with Crippen molar-refractivity contribution in [3.8, 4) is 0 Å². The second-order valence-electron chi connectivity index (χ2n) is 4.81. The second-order valence-corrected chi connectivity index (χ2v) is 5.66. The summed E-state index contributed by atoms with van der Waals surface area (Å²) in [5.41, 5.74) is 2.16. The maximum Gasteiger partial charge on any atom is 0.191 e. The van der Waals surface area contributed by atoms with E-state index in [0.717, 1.165) is 49.3 Å². The van der Waals surface area contributed by atoms with Crippen molar-refractivity contribution < 1.29 is 0 Å². The summed E-state index contributed by atoms with van der Waals surface area (Å²) in [6.07, 6.45) is 3.97. The number of halogens is 2. The van der Waals surface area contributed by atoms with Gasteiger partial charge in [0.2, 0.25) is 0 Å². The highest BCUT2D eigenvalue weighted by atomic mass is 35.5. The molecule has 1 aromatic carbocycles. The largest absolute Gasteiger partial charge is 0.361 e. The Morgan fingerprint density at radius 1 is 1.30 bits per heavy atom. The summed E-state index contributed by atoms with van der Waals surface area (Å²) in [6, 6.07) is 3.68. The fraction of sp³-hybridized carbons (Fsp3) is 0.357. The van der Waals surface area contributed by atoms with Gasteiger partial charge in [-0.25, -0.2) is 0 Å². The maximum atomic E-state index is 6.28. The van der Waals surface area contributed by atoms with Crippen molar-refractivity contribution in [1.82, 2.24) is 15.6 Å². The van der Waals surface area contributed by atoms with Gasteiger partial charge in [-0.05, 0) is 30.5 Å². The summed E-state index contributed by atoms with van der Waals surface area (Å²) < 4.78 is 0. The molecular formula is C14H16Cl2N4. The molecule has 1 aliphatic heterocycles. The van der Waals surface area contributed by atoms with Crippen molar-refractivity contribution in [3.05, 3.63) is 33.9 Å². The SMILES string of the molecule is Clc1cc(Cl)c2c(CCNC3=NCCCN3)c[nH]c2c1. The quantitative estimate of drug-likeness (QED) is 0.816. The zero-order chi connectivity index (χ0) is 13.9. The van der Waals surface area contributed by atoms with Gasteiger partial charge in [-0.2, -0.15) is 0 Å². The summed E-state index contributed by atoms with van der Waals surface area (Å²) in [6.45, 7) is 2.70. The molecule has 0 amide bonds. The van der Waals surface area contributed by atoms with Gasteiger partial charge < -0.3 is 15.6 Å². The molecule has 0 unspecified atom stereocenters. The van der Waals surface area contributed by atoms with Crippen molar-refractivity contribution in [2.24, 2.45) is 4.99 Å². The summed E-state index contributed by atoms with van der Waals surface area (Å²) in [5.74, 6) is 0.894.